The van der Waals surface area contributed by atoms with Crippen LogP contribution in [0.2, 0.25) is 0 Å². The van der Waals surface area contributed by atoms with Crippen LogP contribution in [0.15, 0.2) is 48.5 Å². The van der Waals surface area contributed by atoms with Gasteiger partial charge in [0.2, 0.25) is 0 Å². The molecule has 0 aliphatic carbocycles. The largest absolute Gasteiger partial charge is 0.497 e. The van der Waals surface area contributed by atoms with Crippen molar-refractivity contribution in [3.8, 4) is 5.75 Å². The molecule has 0 bridgehead atoms. The van der Waals surface area contributed by atoms with Crippen molar-refractivity contribution >= 4 is 17.3 Å². The van der Waals surface area contributed by atoms with Gasteiger partial charge in [0, 0.05) is 24.8 Å². The molecule has 2 N–H and O–H groups in total. The highest BCUT2D eigenvalue weighted by Gasteiger charge is 2.13. The van der Waals surface area contributed by atoms with Gasteiger partial charge < -0.3 is 15.4 Å². The number of hydrogen-bond donors (Lipinski definition) is 2. The number of aryl methyl sites for hydroxylation is 2. The van der Waals surface area contributed by atoms with E-state index in [-0.39, 0.29) is 5.91 Å². The van der Waals surface area contributed by atoms with Crippen LogP contribution in [-0.4, -0.2) is 22.8 Å². The molecule has 0 unspecified atom stereocenters. The summed E-state index contributed by atoms with van der Waals surface area (Å²) in [6, 6.07) is 15.3. The molecule has 140 valence electrons. The van der Waals surface area contributed by atoms with Crippen molar-refractivity contribution in [2.24, 2.45) is 7.05 Å². The lowest BCUT2D eigenvalue weighted by Gasteiger charge is -2.09. The van der Waals surface area contributed by atoms with Crippen LogP contribution in [0.3, 0.4) is 0 Å². The number of aromatic nitrogens is 2. The molecule has 3 rings (SSSR count). The zero-order valence-corrected chi connectivity index (χ0v) is 16.0. The quantitative estimate of drug-likeness (QED) is 0.696. The van der Waals surface area contributed by atoms with E-state index in [2.05, 4.69) is 15.7 Å². The summed E-state index contributed by atoms with van der Waals surface area (Å²) in [6.45, 7) is 4.50. The fourth-order valence-electron chi connectivity index (χ4n) is 2.83. The fourth-order valence-corrected chi connectivity index (χ4v) is 2.83. The number of rotatable bonds is 6. The van der Waals surface area contributed by atoms with Gasteiger partial charge in [0.25, 0.3) is 5.91 Å². The molecule has 6 heteroatoms. The Morgan fingerprint density at radius 2 is 1.74 bits per heavy atom. The van der Waals surface area contributed by atoms with E-state index in [1.807, 2.05) is 69.4 Å². The van der Waals surface area contributed by atoms with Gasteiger partial charge in [-0.1, -0.05) is 12.1 Å². The fraction of sp³-hybridized carbons (Fsp3) is 0.238. The third-order valence-electron chi connectivity index (χ3n) is 4.55. The Hall–Kier alpha value is -3.28. The number of ether oxygens (including phenoxy) is 1. The molecule has 27 heavy (non-hydrogen) atoms. The average molecular weight is 364 g/mol. The summed E-state index contributed by atoms with van der Waals surface area (Å²) in [5, 5.41) is 10.6. The molecule has 0 aliphatic heterocycles. The lowest BCUT2D eigenvalue weighted by molar-refractivity contribution is 0.102. The number of carbonyl (C=O) groups excluding carboxylic acids is 1. The first-order valence-electron chi connectivity index (χ1n) is 8.76. The second-order valence-corrected chi connectivity index (χ2v) is 6.40. The Labute approximate surface area is 159 Å². The molecule has 6 nitrogen and oxygen atoms in total. The number of anilines is 2. The normalized spacial score (nSPS) is 10.5. The second-order valence-electron chi connectivity index (χ2n) is 6.40. The number of carbonyl (C=O) groups is 1. The first-order chi connectivity index (χ1) is 13.0. The van der Waals surface area contributed by atoms with Gasteiger partial charge in [-0.05, 0) is 55.8 Å². The first kappa shape index (κ1) is 18.5. The molecular formula is C21H24N4O2. The Balaban J connectivity index is 1.61. The van der Waals surface area contributed by atoms with E-state index >= 15 is 0 Å². The lowest BCUT2D eigenvalue weighted by atomic mass is 10.1. The predicted molar refractivity (Wildman–Crippen MR) is 107 cm³/mol. The van der Waals surface area contributed by atoms with E-state index in [4.69, 9.17) is 4.74 Å². The maximum Gasteiger partial charge on any atom is 0.255 e. The van der Waals surface area contributed by atoms with Crippen LogP contribution < -0.4 is 15.4 Å². The number of nitrogens with one attached hydrogen (secondary N) is 2. The predicted octanol–water partition coefficient (Wildman–Crippen LogP) is 3.91. The number of methoxy groups -OCH3 is 1. The van der Waals surface area contributed by atoms with Crippen LogP contribution in [0.25, 0.3) is 0 Å². The van der Waals surface area contributed by atoms with Crippen molar-refractivity contribution in [1.82, 2.24) is 9.78 Å². The highest BCUT2D eigenvalue weighted by atomic mass is 16.5. The zero-order chi connectivity index (χ0) is 19.4. The average Bonchev–Trinajstić information content (AvgIpc) is 2.93. The van der Waals surface area contributed by atoms with Crippen molar-refractivity contribution in [3.05, 3.63) is 71.0 Å². The monoisotopic (exact) mass is 364 g/mol. The third kappa shape index (κ3) is 4.28. The molecule has 3 aromatic rings. The molecule has 0 saturated carbocycles. The number of benzene rings is 2. The molecule has 1 heterocycles. The van der Waals surface area contributed by atoms with E-state index in [9.17, 15) is 4.79 Å². The lowest BCUT2D eigenvalue weighted by Crippen LogP contribution is -2.13. The highest BCUT2D eigenvalue weighted by molar-refractivity contribution is 6.04. The second kappa shape index (κ2) is 7.95. The molecule has 2 aromatic carbocycles. The molecule has 1 amide bonds. The minimum atomic E-state index is -0.135. The smallest absolute Gasteiger partial charge is 0.255 e. The molecular weight excluding hydrogens is 340 g/mol. The van der Waals surface area contributed by atoms with Crippen LogP contribution in [0.5, 0.6) is 5.75 Å². The SMILES string of the molecule is COc1ccc(NCc2ccc(C(=O)Nc3c(C)nn(C)c3C)cc2)cc1. The summed E-state index contributed by atoms with van der Waals surface area (Å²) in [5.41, 5.74) is 5.24. The Morgan fingerprint density at radius 3 is 2.30 bits per heavy atom. The van der Waals surface area contributed by atoms with Gasteiger partial charge in [0.05, 0.1) is 24.2 Å². The number of amides is 1. The van der Waals surface area contributed by atoms with E-state index in [1.165, 1.54) is 0 Å². The van der Waals surface area contributed by atoms with Gasteiger partial charge in [-0.3, -0.25) is 9.48 Å². The summed E-state index contributed by atoms with van der Waals surface area (Å²) >= 11 is 0. The van der Waals surface area contributed by atoms with Crippen LogP contribution >= 0.6 is 0 Å². The maximum absolute atomic E-state index is 12.5. The van der Waals surface area contributed by atoms with Gasteiger partial charge in [-0.25, -0.2) is 0 Å². The zero-order valence-electron chi connectivity index (χ0n) is 16.0. The van der Waals surface area contributed by atoms with Crippen molar-refractivity contribution in [2.45, 2.75) is 20.4 Å². The Morgan fingerprint density at radius 1 is 1.07 bits per heavy atom. The highest BCUT2D eigenvalue weighted by Crippen LogP contribution is 2.20. The topological polar surface area (TPSA) is 68.2 Å². The van der Waals surface area contributed by atoms with Gasteiger partial charge in [-0.2, -0.15) is 5.10 Å². The van der Waals surface area contributed by atoms with Crippen molar-refractivity contribution in [1.29, 1.82) is 0 Å². The van der Waals surface area contributed by atoms with Gasteiger partial charge in [0.15, 0.2) is 0 Å². The molecule has 0 saturated heterocycles. The summed E-state index contributed by atoms with van der Waals surface area (Å²) in [4.78, 5) is 12.5. The Bertz CT molecular complexity index is 928. The van der Waals surface area contributed by atoms with E-state index in [1.54, 1.807) is 11.8 Å². The minimum absolute atomic E-state index is 0.135. The Kier molecular flexibility index (Phi) is 5.45. The van der Waals surface area contributed by atoms with Crippen LogP contribution in [0, 0.1) is 13.8 Å². The van der Waals surface area contributed by atoms with Crippen molar-refractivity contribution < 1.29 is 9.53 Å². The van der Waals surface area contributed by atoms with Crippen LogP contribution in [0.1, 0.15) is 27.3 Å². The number of nitrogens with zero attached hydrogens (tertiary/aromatic N) is 2. The van der Waals surface area contributed by atoms with Gasteiger partial charge in [-0.15, -0.1) is 0 Å². The van der Waals surface area contributed by atoms with Gasteiger partial charge >= 0.3 is 0 Å². The first-order valence-corrected chi connectivity index (χ1v) is 8.76. The summed E-state index contributed by atoms with van der Waals surface area (Å²) in [6.07, 6.45) is 0. The minimum Gasteiger partial charge on any atom is -0.497 e. The third-order valence-corrected chi connectivity index (χ3v) is 4.55. The molecule has 0 atom stereocenters. The summed E-state index contributed by atoms with van der Waals surface area (Å²) in [5.74, 6) is 0.693. The summed E-state index contributed by atoms with van der Waals surface area (Å²) < 4.78 is 6.92. The van der Waals surface area contributed by atoms with E-state index in [0.717, 1.165) is 34.1 Å². The molecule has 0 radical (unpaired) electrons. The van der Waals surface area contributed by atoms with Crippen LogP contribution in [0.4, 0.5) is 11.4 Å². The molecule has 0 fully saturated rings. The molecule has 0 spiro atoms. The number of hydrogen-bond acceptors (Lipinski definition) is 4. The summed E-state index contributed by atoms with van der Waals surface area (Å²) in [7, 11) is 3.51. The van der Waals surface area contributed by atoms with E-state index in [0.29, 0.717) is 12.1 Å². The van der Waals surface area contributed by atoms with Gasteiger partial charge in [0.1, 0.15) is 5.75 Å². The van der Waals surface area contributed by atoms with E-state index < -0.39 is 0 Å². The van der Waals surface area contributed by atoms with Crippen molar-refractivity contribution in [2.75, 3.05) is 17.7 Å². The standard InChI is InChI=1S/C21H24N4O2/c1-14-20(15(2)25(3)24-14)23-21(26)17-7-5-16(6-8-17)13-22-18-9-11-19(27-4)12-10-18/h5-12,22H,13H2,1-4H3,(H,23,26). The van der Waals surface area contributed by atoms with Crippen molar-refractivity contribution in [3.63, 3.8) is 0 Å². The maximum atomic E-state index is 12.5. The molecule has 1 aromatic heterocycles. The van der Waals surface area contributed by atoms with Crippen LogP contribution in [-0.2, 0) is 13.6 Å². The molecule has 0 aliphatic rings.